The van der Waals surface area contributed by atoms with Crippen molar-refractivity contribution in [2.45, 2.75) is 124 Å². The number of anilines is 6. The second kappa shape index (κ2) is 14.1. The summed E-state index contributed by atoms with van der Waals surface area (Å²) in [6, 6.07) is 54.4. The lowest BCUT2D eigenvalue weighted by Crippen LogP contribution is -2.62. The first-order valence-electron chi connectivity index (χ1n) is 23.6. The number of hydrogen-bond acceptors (Lipinski definition) is 2. The quantitative estimate of drug-likeness (QED) is 0.164. The van der Waals surface area contributed by atoms with Crippen LogP contribution in [0.4, 0.5) is 34.1 Å². The van der Waals surface area contributed by atoms with Gasteiger partial charge in [0.15, 0.2) is 0 Å². The molecule has 0 aromatic heterocycles. The van der Waals surface area contributed by atoms with E-state index in [-0.39, 0.29) is 33.8 Å². The maximum Gasteiger partial charge on any atom is 0.252 e. The van der Waals surface area contributed by atoms with E-state index in [4.69, 9.17) is 0 Å². The normalized spacial score (nSPS) is 15.8. The van der Waals surface area contributed by atoms with Gasteiger partial charge in [-0.2, -0.15) is 0 Å². The average Bonchev–Trinajstić information content (AvgIpc) is 3.24. The molecule has 0 N–H and O–H groups in total. The van der Waals surface area contributed by atoms with Gasteiger partial charge in [-0.3, -0.25) is 0 Å². The van der Waals surface area contributed by atoms with E-state index in [1.165, 1.54) is 106 Å². The summed E-state index contributed by atoms with van der Waals surface area (Å²) >= 11 is 0. The molecule has 3 heteroatoms. The van der Waals surface area contributed by atoms with Gasteiger partial charge in [0, 0.05) is 44.8 Å². The highest BCUT2D eigenvalue weighted by Gasteiger charge is 2.48. The average molecular weight is 837 g/mol. The van der Waals surface area contributed by atoms with E-state index in [0.717, 1.165) is 0 Å². The molecule has 10 rings (SSSR count). The number of benzene rings is 7. The van der Waals surface area contributed by atoms with Gasteiger partial charge in [0.1, 0.15) is 0 Å². The third-order valence-electron chi connectivity index (χ3n) is 15.0. The zero-order chi connectivity index (χ0) is 45.5. The summed E-state index contributed by atoms with van der Waals surface area (Å²) in [6.45, 7) is 33.1. The molecule has 0 unspecified atom stereocenters. The molecule has 0 bridgehead atoms. The summed E-state index contributed by atoms with van der Waals surface area (Å²) in [5.41, 5.74) is 24.5. The van der Waals surface area contributed by atoms with Gasteiger partial charge in [-0.15, -0.1) is 0 Å². The van der Waals surface area contributed by atoms with Crippen LogP contribution in [0, 0.1) is 6.92 Å². The lowest BCUT2D eigenvalue weighted by Gasteiger charge is -2.48. The fourth-order valence-corrected chi connectivity index (χ4v) is 11.2. The maximum absolute atomic E-state index is 2.66. The summed E-state index contributed by atoms with van der Waals surface area (Å²) in [5, 5.41) is 0. The minimum absolute atomic E-state index is 0.00244. The van der Waals surface area contributed by atoms with Gasteiger partial charge >= 0.3 is 0 Å². The Labute approximate surface area is 384 Å². The van der Waals surface area contributed by atoms with E-state index in [0.29, 0.717) is 0 Å². The monoisotopic (exact) mass is 837 g/mol. The Morgan fingerprint density at radius 3 is 1.56 bits per heavy atom. The molecule has 1 aliphatic carbocycles. The zero-order valence-electron chi connectivity index (χ0n) is 40.8. The van der Waals surface area contributed by atoms with Crippen molar-refractivity contribution in [1.29, 1.82) is 0 Å². The van der Waals surface area contributed by atoms with Gasteiger partial charge in [-0.05, 0) is 138 Å². The molecule has 0 saturated carbocycles. The lowest BCUT2D eigenvalue weighted by atomic mass is 9.33. The predicted octanol–water partition coefficient (Wildman–Crippen LogP) is 14.6. The molecule has 3 aliphatic rings. The number of rotatable bonds is 3. The molecule has 0 amide bonds. The highest BCUT2D eigenvalue weighted by Crippen LogP contribution is 2.54. The molecule has 0 saturated heterocycles. The van der Waals surface area contributed by atoms with Crippen molar-refractivity contribution < 1.29 is 0 Å². The smallest absolute Gasteiger partial charge is 0.252 e. The Bertz CT molecular complexity index is 3020. The van der Waals surface area contributed by atoms with Crippen molar-refractivity contribution >= 4 is 57.2 Å². The summed E-state index contributed by atoms with van der Waals surface area (Å²) in [6.07, 6.45) is 0. The molecule has 7 aromatic rings. The van der Waals surface area contributed by atoms with Crippen molar-refractivity contribution in [1.82, 2.24) is 0 Å². The fourth-order valence-electron chi connectivity index (χ4n) is 11.2. The van der Waals surface area contributed by atoms with E-state index in [1.807, 2.05) is 0 Å². The second-order valence-electron chi connectivity index (χ2n) is 23.2. The van der Waals surface area contributed by atoms with Crippen LogP contribution in [0.3, 0.4) is 0 Å². The number of hydrogen-bond donors (Lipinski definition) is 0. The van der Waals surface area contributed by atoms with Crippen molar-refractivity contribution in [3.05, 3.63) is 184 Å². The Balaban J connectivity index is 1.36. The minimum atomic E-state index is -0.209. The second-order valence-corrected chi connectivity index (χ2v) is 23.2. The molecule has 2 aliphatic heterocycles. The predicted molar refractivity (Wildman–Crippen MR) is 277 cm³/mol. The van der Waals surface area contributed by atoms with E-state index >= 15 is 0 Å². The molecule has 0 fully saturated rings. The molecule has 64 heavy (non-hydrogen) atoms. The van der Waals surface area contributed by atoms with E-state index < -0.39 is 0 Å². The molecule has 0 atom stereocenters. The first-order valence-corrected chi connectivity index (χ1v) is 23.6. The van der Waals surface area contributed by atoms with Crippen LogP contribution in [0.5, 0.6) is 0 Å². The molecule has 0 spiro atoms. The van der Waals surface area contributed by atoms with Crippen LogP contribution in [-0.4, -0.2) is 6.71 Å². The van der Waals surface area contributed by atoms with Crippen LogP contribution in [0.15, 0.2) is 140 Å². The Morgan fingerprint density at radius 1 is 0.406 bits per heavy atom. The standard InChI is InChI=1S/C61H65BN2/c1-38-31-54-56-55(32-38)64(51-30-28-41(58(5,6)7)34-44(51)39-21-16-15-17-22-39)53-37-48-47(60(11,12)45-25-18-19-26-46(45)61(48,13)14)36-50(53)62(56)49-29-27-42(59(8,9)10)35-52(49)63(54)43-24-20-23-40(33-43)57(2,3)4/h15-37H,1-14H3. The molecule has 2 nitrogen and oxygen atoms in total. The van der Waals surface area contributed by atoms with Crippen LogP contribution in [0.2, 0.25) is 0 Å². The van der Waals surface area contributed by atoms with Crippen molar-refractivity contribution in [3.63, 3.8) is 0 Å². The van der Waals surface area contributed by atoms with Gasteiger partial charge in [-0.25, -0.2) is 0 Å². The summed E-state index contributed by atoms with van der Waals surface area (Å²) in [5.74, 6) is 0. The van der Waals surface area contributed by atoms with Crippen molar-refractivity contribution in [2.75, 3.05) is 9.80 Å². The number of aryl methyl sites for hydroxylation is 1. The minimum Gasteiger partial charge on any atom is -0.311 e. The molecule has 7 aromatic carbocycles. The van der Waals surface area contributed by atoms with Gasteiger partial charge in [0.05, 0.1) is 5.69 Å². The summed E-state index contributed by atoms with van der Waals surface area (Å²) in [4.78, 5) is 5.27. The van der Waals surface area contributed by atoms with Crippen molar-refractivity contribution in [2.24, 2.45) is 0 Å². The molecular formula is C61H65BN2. The van der Waals surface area contributed by atoms with Gasteiger partial charge < -0.3 is 9.80 Å². The van der Waals surface area contributed by atoms with Crippen LogP contribution < -0.4 is 26.2 Å². The third kappa shape index (κ3) is 6.43. The number of nitrogens with zero attached hydrogens (tertiary/aromatic N) is 2. The van der Waals surface area contributed by atoms with Gasteiger partial charge in [-0.1, -0.05) is 181 Å². The van der Waals surface area contributed by atoms with E-state index in [1.54, 1.807) is 0 Å². The van der Waals surface area contributed by atoms with E-state index in [9.17, 15) is 0 Å². The van der Waals surface area contributed by atoms with Crippen LogP contribution in [0.25, 0.3) is 11.1 Å². The van der Waals surface area contributed by atoms with Gasteiger partial charge in [0.25, 0.3) is 6.71 Å². The highest BCUT2D eigenvalue weighted by molar-refractivity contribution is 7.00. The lowest BCUT2D eigenvalue weighted by molar-refractivity contribution is 0.521. The van der Waals surface area contributed by atoms with Crippen LogP contribution >= 0.6 is 0 Å². The third-order valence-corrected chi connectivity index (χ3v) is 15.0. The van der Waals surface area contributed by atoms with Crippen LogP contribution in [0.1, 0.15) is 135 Å². The summed E-state index contributed by atoms with van der Waals surface area (Å²) < 4.78 is 0. The maximum atomic E-state index is 2.66. The summed E-state index contributed by atoms with van der Waals surface area (Å²) in [7, 11) is 0. The Morgan fingerprint density at radius 2 is 0.938 bits per heavy atom. The zero-order valence-corrected chi connectivity index (χ0v) is 40.8. The Kier molecular flexibility index (Phi) is 9.29. The molecule has 2 heterocycles. The van der Waals surface area contributed by atoms with E-state index in [2.05, 4.69) is 246 Å². The molecular weight excluding hydrogens is 771 g/mol. The Hall–Kier alpha value is -5.80. The highest BCUT2D eigenvalue weighted by atomic mass is 15.2. The van der Waals surface area contributed by atoms with Gasteiger partial charge in [0.2, 0.25) is 0 Å². The largest absolute Gasteiger partial charge is 0.311 e. The first kappa shape index (κ1) is 42.2. The fraction of sp³-hybridized carbons (Fsp3) is 0.311. The first-order chi connectivity index (χ1) is 30.1. The SMILES string of the molecule is Cc1cc2c3c(c1)N(c1ccc(C(C)(C)C)cc1-c1ccccc1)c1cc4c(cc1B3c1ccc(C(C)(C)C)cc1N2c1cccc(C(C)(C)C)c1)C(C)(C)c1ccccc1C4(C)C. The van der Waals surface area contributed by atoms with Crippen LogP contribution in [-0.2, 0) is 27.1 Å². The molecule has 0 radical (unpaired) electrons. The topological polar surface area (TPSA) is 6.48 Å². The van der Waals surface area contributed by atoms with Crippen molar-refractivity contribution in [3.8, 4) is 11.1 Å². The molecule has 322 valence electrons. The number of fused-ring (bicyclic) bond motifs is 6.